The second-order valence-electron chi connectivity index (χ2n) is 11.3. The Hall–Kier alpha value is -2.78. The summed E-state index contributed by atoms with van der Waals surface area (Å²) in [5.41, 5.74) is 5.38. The number of nitrogens with one attached hydrogen (secondary N) is 2. The highest BCUT2D eigenvalue weighted by molar-refractivity contribution is 7.89. The van der Waals surface area contributed by atoms with Gasteiger partial charge in [-0.1, -0.05) is 57.5 Å². The van der Waals surface area contributed by atoms with Crippen LogP contribution in [0.4, 0.5) is 0 Å². The minimum Gasteiger partial charge on any atom is -0.388 e. The number of hydrogen-bond donors (Lipinski definition) is 3. The number of nitrogens with two attached hydrogens (primary N) is 1. The maximum Gasteiger partial charge on any atom is 0.241 e. The molecule has 0 unspecified atom stereocenters. The lowest BCUT2D eigenvalue weighted by Gasteiger charge is -2.34. The van der Waals surface area contributed by atoms with Crippen molar-refractivity contribution in [3.63, 3.8) is 0 Å². The van der Waals surface area contributed by atoms with Crippen LogP contribution in [0.5, 0.6) is 0 Å². The van der Waals surface area contributed by atoms with Crippen molar-refractivity contribution in [1.82, 2.24) is 9.62 Å². The first-order valence-electron chi connectivity index (χ1n) is 13.0. The van der Waals surface area contributed by atoms with Crippen LogP contribution in [0.3, 0.4) is 0 Å². The quantitative estimate of drug-likeness (QED) is 0.228. The molecule has 0 bridgehead atoms. The number of amides is 1. The molecular formula is C28H40N4O4S. The summed E-state index contributed by atoms with van der Waals surface area (Å²) in [6.45, 7) is 6.99. The Morgan fingerprint density at radius 2 is 1.73 bits per heavy atom. The number of sulfonamides is 1. The van der Waals surface area contributed by atoms with E-state index in [0.717, 1.165) is 10.8 Å². The fourth-order valence-electron chi connectivity index (χ4n) is 4.80. The van der Waals surface area contributed by atoms with Crippen LogP contribution in [-0.4, -0.2) is 50.0 Å². The Morgan fingerprint density at radius 1 is 1.08 bits per heavy atom. The molecular weight excluding hydrogens is 488 g/mol. The summed E-state index contributed by atoms with van der Waals surface area (Å²) >= 11 is 0. The topological polar surface area (TPSA) is 133 Å². The van der Waals surface area contributed by atoms with Crippen molar-refractivity contribution in [1.29, 1.82) is 5.41 Å². The highest BCUT2D eigenvalue weighted by atomic mass is 32.2. The molecule has 1 saturated heterocycles. The number of likely N-dealkylation sites (tertiary alicyclic amines) is 1. The number of rotatable bonds is 11. The van der Waals surface area contributed by atoms with E-state index in [1.165, 1.54) is 0 Å². The second kappa shape index (κ2) is 12.2. The number of carbonyl (C=O) groups is 2. The summed E-state index contributed by atoms with van der Waals surface area (Å²) < 4.78 is 29.3. The summed E-state index contributed by atoms with van der Waals surface area (Å²) in [5.74, 6) is -0.0282. The van der Waals surface area contributed by atoms with E-state index in [9.17, 15) is 18.0 Å². The Kier molecular flexibility index (Phi) is 9.47. The number of piperidine rings is 1. The van der Waals surface area contributed by atoms with Gasteiger partial charge in [-0.15, -0.1) is 0 Å². The first-order valence-corrected chi connectivity index (χ1v) is 14.5. The lowest BCUT2D eigenvalue weighted by Crippen LogP contribution is -2.51. The summed E-state index contributed by atoms with van der Waals surface area (Å²) in [6.07, 6.45) is 3.55. The molecule has 9 heteroatoms. The van der Waals surface area contributed by atoms with Crippen LogP contribution < -0.4 is 10.5 Å². The lowest BCUT2D eigenvalue weighted by atomic mass is 9.82. The fraction of sp³-hybridized carbons (Fsp3) is 0.536. The predicted molar refractivity (Wildman–Crippen MR) is 147 cm³/mol. The summed E-state index contributed by atoms with van der Waals surface area (Å²) in [7, 11) is -3.95. The monoisotopic (exact) mass is 528 g/mol. The Balaban J connectivity index is 1.72. The molecule has 0 aromatic heterocycles. The number of unbranched alkanes of at least 4 members (excludes halogenated alkanes) is 1. The van der Waals surface area contributed by atoms with Crippen LogP contribution in [0.2, 0.25) is 0 Å². The van der Waals surface area contributed by atoms with Gasteiger partial charge in [0.25, 0.3) is 0 Å². The molecule has 1 heterocycles. The Morgan fingerprint density at radius 3 is 2.35 bits per heavy atom. The van der Waals surface area contributed by atoms with Crippen LogP contribution >= 0.6 is 0 Å². The molecule has 3 rings (SSSR count). The van der Waals surface area contributed by atoms with E-state index >= 15 is 0 Å². The summed E-state index contributed by atoms with van der Waals surface area (Å²) in [6, 6.07) is 11.5. The number of ketones is 1. The van der Waals surface area contributed by atoms with Gasteiger partial charge in [-0.2, -0.15) is 4.72 Å². The van der Waals surface area contributed by atoms with E-state index in [2.05, 4.69) is 4.72 Å². The molecule has 4 N–H and O–H groups in total. The van der Waals surface area contributed by atoms with Gasteiger partial charge in [0, 0.05) is 31.8 Å². The number of Topliss-reactive ketones (excluding diaryl/α,β-unsaturated/α-hetero) is 1. The van der Waals surface area contributed by atoms with Gasteiger partial charge >= 0.3 is 0 Å². The number of amidine groups is 1. The van der Waals surface area contributed by atoms with Crippen LogP contribution in [0, 0.1) is 16.7 Å². The normalized spacial score (nSPS) is 16.0. The van der Waals surface area contributed by atoms with Gasteiger partial charge in [-0.25, -0.2) is 8.42 Å². The first kappa shape index (κ1) is 28.8. The molecule has 1 amide bonds. The van der Waals surface area contributed by atoms with Crippen molar-refractivity contribution in [3.8, 4) is 0 Å². The molecule has 1 fully saturated rings. The second-order valence-corrected chi connectivity index (χ2v) is 13.0. The Labute approximate surface area is 220 Å². The van der Waals surface area contributed by atoms with Gasteiger partial charge in [0.05, 0.1) is 10.7 Å². The van der Waals surface area contributed by atoms with Crippen molar-refractivity contribution in [2.45, 2.75) is 76.7 Å². The maximum atomic E-state index is 13.5. The van der Waals surface area contributed by atoms with Gasteiger partial charge in [0.2, 0.25) is 15.9 Å². The molecule has 0 aliphatic carbocycles. The van der Waals surface area contributed by atoms with Crippen molar-refractivity contribution in [2.75, 3.05) is 13.1 Å². The Bertz CT molecular complexity index is 1230. The average molecular weight is 529 g/mol. The molecule has 1 aliphatic heterocycles. The molecule has 202 valence electrons. The van der Waals surface area contributed by atoms with E-state index in [-0.39, 0.29) is 33.8 Å². The molecule has 1 aliphatic rings. The highest BCUT2D eigenvalue weighted by Crippen LogP contribution is 2.27. The third kappa shape index (κ3) is 8.36. The van der Waals surface area contributed by atoms with E-state index in [1.807, 2.05) is 45.0 Å². The van der Waals surface area contributed by atoms with Gasteiger partial charge < -0.3 is 10.6 Å². The largest absolute Gasteiger partial charge is 0.388 e. The summed E-state index contributed by atoms with van der Waals surface area (Å²) in [5, 5.41) is 9.15. The van der Waals surface area contributed by atoms with Gasteiger partial charge in [0.15, 0.2) is 0 Å². The third-order valence-electron chi connectivity index (χ3n) is 6.78. The first-order chi connectivity index (χ1) is 17.4. The molecule has 8 nitrogen and oxygen atoms in total. The minimum absolute atomic E-state index is 0.0633. The number of carbonyl (C=O) groups excluding carboxylic acids is 2. The van der Waals surface area contributed by atoms with E-state index in [1.54, 1.807) is 23.1 Å². The SMILES string of the molecule is CC(C)(C)CC(=O)C1CCN(C(=O)[C@H](CCCCC(=N)N)NS(=O)(=O)c2ccc3ccccc3c2)CC1. The predicted octanol–water partition coefficient (Wildman–Crippen LogP) is 4.23. The molecule has 37 heavy (non-hydrogen) atoms. The van der Waals surface area contributed by atoms with E-state index in [4.69, 9.17) is 11.1 Å². The minimum atomic E-state index is -3.95. The van der Waals surface area contributed by atoms with Crippen LogP contribution in [0.25, 0.3) is 10.8 Å². The number of nitrogens with zero attached hydrogens (tertiary/aromatic N) is 1. The molecule has 0 spiro atoms. The molecule has 0 radical (unpaired) electrons. The number of hydrogen-bond acceptors (Lipinski definition) is 5. The van der Waals surface area contributed by atoms with Gasteiger partial charge in [0.1, 0.15) is 11.8 Å². The van der Waals surface area contributed by atoms with Gasteiger partial charge in [-0.05, 0) is 54.0 Å². The number of benzene rings is 2. The molecule has 2 aromatic carbocycles. The van der Waals surface area contributed by atoms with Crippen LogP contribution in [0.15, 0.2) is 47.4 Å². The molecule has 2 aromatic rings. The van der Waals surface area contributed by atoms with Crippen LogP contribution in [-0.2, 0) is 19.6 Å². The highest BCUT2D eigenvalue weighted by Gasteiger charge is 2.33. The van der Waals surface area contributed by atoms with Crippen LogP contribution in [0.1, 0.15) is 65.7 Å². The summed E-state index contributed by atoms with van der Waals surface area (Å²) in [4.78, 5) is 28.0. The van der Waals surface area contributed by atoms with Crippen molar-refractivity contribution in [3.05, 3.63) is 42.5 Å². The van der Waals surface area contributed by atoms with Crippen molar-refractivity contribution >= 4 is 38.3 Å². The van der Waals surface area contributed by atoms with Crippen molar-refractivity contribution < 1.29 is 18.0 Å². The zero-order valence-corrected chi connectivity index (χ0v) is 22.9. The zero-order chi connectivity index (χ0) is 27.2. The average Bonchev–Trinajstić information content (AvgIpc) is 2.84. The lowest BCUT2D eigenvalue weighted by molar-refractivity contribution is -0.137. The number of fused-ring (bicyclic) bond motifs is 1. The van der Waals surface area contributed by atoms with E-state index in [0.29, 0.717) is 58.0 Å². The standard InChI is InChI=1S/C28H40N4O4S/c1-28(2,3)19-25(33)21-14-16-32(17-15-21)27(34)24(10-6-7-11-26(29)30)31-37(35,36)23-13-12-20-8-4-5-9-22(20)18-23/h4-5,8-9,12-13,18,21,24,31H,6-7,10-11,14-17,19H2,1-3H3,(H3,29,30)/t24-/m0/s1. The molecule has 1 atom stereocenters. The fourth-order valence-corrected chi connectivity index (χ4v) is 6.05. The third-order valence-corrected chi connectivity index (χ3v) is 8.25. The molecule has 0 saturated carbocycles. The van der Waals surface area contributed by atoms with Gasteiger partial charge in [-0.3, -0.25) is 15.0 Å². The smallest absolute Gasteiger partial charge is 0.241 e. The maximum absolute atomic E-state index is 13.5. The van der Waals surface area contributed by atoms with Crippen molar-refractivity contribution in [2.24, 2.45) is 17.1 Å². The van der Waals surface area contributed by atoms with E-state index < -0.39 is 16.1 Å². The zero-order valence-electron chi connectivity index (χ0n) is 22.1.